The van der Waals surface area contributed by atoms with E-state index in [0.29, 0.717) is 13.2 Å². The monoisotopic (exact) mass is 173 g/mol. The summed E-state index contributed by atoms with van der Waals surface area (Å²) >= 11 is 0. The van der Waals surface area contributed by atoms with Crippen molar-refractivity contribution in [3.05, 3.63) is 0 Å². The van der Waals surface area contributed by atoms with E-state index in [9.17, 15) is 9.59 Å². The van der Waals surface area contributed by atoms with Gasteiger partial charge < -0.3 is 14.8 Å². The van der Waals surface area contributed by atoms with Crippen molar-refractivity contribution in [2.45, 2.75) is 12.5 Å². The number of ether oxygens (including phenoxy) is 2. The molecule has 0 bridgehead atoms. The standard InChI is InChI=1S/C7H11NO4/c1-11-6(9)4-5-7(10)12-3-2-8-5/h5,8H,2-4H2,1H3. The number of methoxy groups -OCH3 is 1. The van der Waals surface area contributed by atoms with Crippen molar-refractivity contribution in [1.82, 2.24) is 5.32 Å². The highest BCUT2D eigenvalue weighted by Gasteiger charge is 2.26. The molecule has 0 radical (unpaired) electrons. The van der Waals surface area contributed by atoms with Crippen molar-refractivity contribution in [2.24, 2.45) is 0 Å². The molecule has 0 saturated carbocycles. The van der Waals surface area contributed by atoms with Gasteiger partial charge >= 0.3 is 11.9 Å². The molecule has 1 atom stereocenters. The summed E-state index contributed by atoms with van der Waals surface area (Å²) in [4.78, 5) is 21.7. The highest BCUT2D eigenvalue weighted by Crippen LogP contribution is 2.01. The molecular formula is C7H11NO4. The average molecular weight is 173 g/mol. The molecule has 1 N–H and O–H groups in total. The molecule has 1 saturated heterocycles. The Labute approximate surface area is 70.0 Å². The van der Waals surface area contributed by atoms with Crippen LogP contribution in [0.4, 0.5) is 0 Å². The van der Waals surface area contributed by atoms with E-state index in [1.807, 2.05) is 0 Å². The van der Waals surface area contributed by atoms with Gasteiger partial charge in [0, 0.05) is 6.54 Å². The van der Waals surface area contributed by atoms with Crippen LogP contribution in [0.5, 0.6) is 0 Å². The second kappa shape index (κ2) is 4.06. The van der Waals surface area contributed by atoms with Gasteiger partial charge in [-0.25, -0.2) is 0 Å². The Morgan fingerprint density at radius 3 is 3.17 bits per heavy atom. The Hall–Kier alpha value is -1.10. The van der Waals surface area contributed by atoms with Gasteiger partial charge in [0.1, 0.15) is 12.6 Å². The van der Waals surface area contributed by atoms with E-state index in [-0.39, 0.29) is 12.4 Å². The van der Waals surface area contributed by atoms with Crippen molar-refractivity contribution < 1.29 is 19.1 Å². The fourth-order valence-electron chi connectivity index (χ4n) is 0.974. The van der Waals surface area contributed by atoms with E-state index in [0.717, 1.165) is 0 Å². The molecule has 0 aromatic carbocycles. The maximum absolute atomic E-state index is 11.0. The summed E-state index contributed by atoms with van der Waals surface area (Å²) in [5, 5.41) is 2.86. The average Bonchev–Trinajstić information content (AvgIpc) is 2.09. The van der Waals surface area contributed by atoms with Crippen molar-refractivity contribution in [3.8, 4) is 0 Å². The van der Waals surface area contributed by atoms with Crippen LogP contribution in [-0.2, 0) is 19.1 Å². The van der Waals surface area contributed by atoms with Crippen molar-refractivity contribution in [3.63, 3.8) is 0 Å². The molecule has 68 valence electrons. The number of cyclic esters (lactones) is 1. The Balaban J connectivity index is 2.39. The van der Waals surface area contributed by atoms with Crippen molar-refractivity contribution >= 4 is 11.9 Å². The lowest BCUT2D eigenvalue weighted by atomic mass is 10.2. The lowest BCUT2D eigenvalue weighted by Crippen LogP contribution is -2.46. The molecule has 0 aromatic heterocycles. The van der Waals surface area contributed by atoms with E-state index in [2.05, 4.69) is 10.1 Å². The molecule has 1 unspecified atom stereocenters. The number of esters is 2. The molecule has 12 heavy (non-hydrogen) atoms. The minimum atomic E-state index is -0.536. The smallest absolute Gasteiger partial charge is 0.323 e. The van der Waals surface area contributed by atoms with Gasteiger partial charge in [-0.1, -0.05) is 0 Å². The predicted molar refractivity (Wildman–Crippen MR) is 39.4 cm³/mol. The third-order valence-electron chi connectivity index (χ3n) is 1.62. The van der Waals surface area contributed by atoms with Crippen LogP contribution < -0.4 is 5.32 Å². The lowest BCUT2D eigenvalue weighted by Gasteiger charge is -2.21. The number of carbonyl (C=O) groups is 2. The number of morpholine rings is 1. The molecule has 5 nitrogen and oxygen atoms in total. The van der Waals surface area contributed by atoms with Gasteiger partial charge in [-0.05, 0) is 0 Å². The maximum atomic E-state index is 11.0. The first-order valence-corrected chi connectivity index (χ1v) is 3.71. The number of nitrogens with one attached hydrogen (secondary N) is 1. The highest BCUT2D eigenvalue weighted by atomic mass is 16.5. The van der Waals surface area contributed by atoms with Crippen LogP contribution in [0, 0.1) is 0 Å². The van der Waals surface area contributed by atoms with Crippen molar-refractivity contribution in [1.29, 1.82) is 0 Å². The Morgan fingerprint density at radius 2 is 2.58 bits per heavy atom. The topological polar surface area (TPSA) is 64.6 Å². The van der Waals surface area contributed by atoms with E-state index in [1.54, 1.807) is 0 Å². The first-order chi connectivity index (χ1) is 5.74. The third-order valence-corrected chi connectivity index (χ3v) is 1.62. The highest BCUT2D eigenvalue weighted by molar-refractivity contribution is 5.83. The van der Waals surface area contributed by atoms with Crippen LogP contribution in [0.2, 0.25) is 0 Å². The third kappa shape index (κ3) is 2.20. The number of rotatable bonds is 2. The van der Waals surface area contributed by atoms with E-state index in [1.165, 1.54) is 7.11 Å². The first kappa shape index (κ1) is 8.99. The van der Waals surface area contributed by atoms with E-state index < -0.39 is 12.0 Å². The minimum Gasteiger partial charge on any atom is -0.469 e. The number of carbonyl (C=O) groups excluding carboxylic acids is 2. The molecular weight excluding hydrogens is 162 g/mol. The van der Waals surface area contributed by atoms with Crippen LogP contribution in [0.1, 0.15) is 6.42 Å². The molecule has 5 heteroatoms. The van der Waals surface area contributed by atoms with Gasteiger partial charge in [-0.15, -0.1) is 0 Å². The van der Waals surface area contributed by atoms with Crippen LogP contribution in [-0.4, -0.2) is 38.2 Å². The zero-order chi connectivity index (χ0) is 8.97. The second-order valence-electron chi connectivity index (χ2n) is 2.45. The molecule has 1 aliphatic heterocycles. The predicted octanol–water partition coefficient (Wildman–Crippen LogP) is -0.935. The number of hydrogen-bond donors (Lipinski definition) is 1. The fourth-order valence-corrected chi connectivity index (χ4v) is 0.974. The Bertz CT molecular complexity index is 192. The van der Waals surface area contributed by atoms with Gasteiger partial charge in [-0.2, -0.15) is 0 Å². The molecule has 1 rings (SSSR count). The normalized spacial score (nSPS) is 23.1. The minimum absolute atomic E-state index is 0.0370. The Morgan fingerprint density at radius 1 is 1.83 bits per heavy atom. The van der Waals surface area contributed by atoms with Gasteiger partial charge in [-0.3, -0.25) is 9.59 Å². The summed E-state index contributed by atoms with van der Waals surface area (Å²) in [5.74, 6) is -0.794. The molecule has 0 amide bonds. The van der Waals surface area contributed by atoms with E-state index in [4.69, 9.17) is 4.74 Å². The lowest BCUT2D eigenvalue weighted by molar-refractivity contribution is -0.154. The quantitative estimate of drug-likeness (QED) is 0.546. The summed E-state index contributed by atoms with van der Waals surface area (Å²) in [6.07, 6.45) is 0.0370. The second-order valence-corrected chi connectivity index (χ2v) is 2.45. The van der Waals surface area contributed by atoms with Gasteiger partial charge in [0.05, 0.1) is 13.5 Å². The summed E-state index contributed by atoms with van der Waals surface area (Å²) in [6, 6.07) is -0.536. The van der Waals surface area contributed by atoms with Crippen LogP contribution in [0.25, 0.3) is 0 Å². The summed E-state index contributed by atoms with van der Waals surface area (Å²) in [5.41, 5.74) is 0. The zero-order valence-corrected chi connectivity index (χ0v) is 6.83. The fraction of sp³-hybridized carbons (Fsp3) is 0.714. The van der Waals surface area contributed by atoms with Crippen LogP contribution in [0.3, 0.4) is 0 Å². The zero-order valence-electron chi connectivity index (χ0n) is 6.83. The van der Waals surface area contributed by atoms with Gasteiger partial charge in [0.25, 0.3) is 0 Å². The molecule has 1 heterocycles. The molecule has 0 spiro atoms. The van der Waals surface area contributed by atoms with Crippen LogP contribution >= 0.6 is 0 Å². The SMILES string of the molecule is COC(=O)CC1NCCOC1=O. The largest absolute Gasteiger partial charge is 0.469 e. The Kier molecular flexibility index (Phi) is 3.04. The van der Waals surface area contributed by atoms with Crippen LogP contribution in [0.15, 0.2) is 0 Å². The summed E-state index contributed by atoms with van der Waals surface area (Å²) in [7, 11) is 1.29. The maximum Gasteiger partial charge on any atom is 0.323 e. The number of hydrogen-bond acceptors (Lipinski definition) is 5. The summed E-state index contributed by atoms with van der Waals surface area (Å²) in [6.45, 7) is 0.962. The molecule has 0 aliphatic carbocycles. The van der Waals surface area contributed by atoms with Gasteiger partial charge in [0.2, 0.25) is 0 Å². The molecule has 0 aromatic rings. The first-order valence-electron chi connectivity index (χ1n) is 3.71. The molecule has 1 fully saturated rings. The summed E-state index contributed by atoms with van der Waals surface area (Å²) < 4.78 is 9.14. The van der Waals surface area contributed by atoms with Gasteiger partial charge in [0.15, 0.2) is 0 Å². The van der Waals surface area contributed by atoms with E-state index >= 15 is 0 Å². The van der Waals surface area contributed by atoms with Crippen molar-refractivity contribution in [2.75, 3.05) is 20.3 Å². The molecule has 1 aliphatic rings.